The van der Waals surface area contributed by atoms with E-state index < -0.39 is 18.0 Å². The van der Waals surface area contributed by atoms with Crippen LogP contribution in [0.5, 0.6) is 0 Å². The van der Waals surface area contributed by atoms with Gasteiger partial charge in [-0.2, -0.15) is 0 Å². The van der Waals surface area contributed by atoms with E-state index in [4.69, 9.17) is 0 Å². The highest BCUT2D eigenvalue weighted by Gasteiger charge is 2.23. The molecule has 1 aromatic rings. The van der Waals surface area contributed by atoms with Crippen molar-refractivity contribution in [2.24, 2.45) is 0 Å². The summed E-state index contributed by atoms with van der Waals surface area (Å²) in [6.45, 7) is 5.73. The van der Waals surface area contributed by atoms with Crippen LogP contribution in [0.3, 0.4) is 0 Å². The Balaban J connectivity index is 2.64. The largest absolute Gasteiger partial charge is 0.480 e. The number of aliphatic carboxylic acids is 1. The third kappa shape index (κ3) is 5.30. The molecule has 0 heterocycles. The third-order valence-electron chi connectivity index (χ3n) is 3.22. The van der Waals surface area contributed by atoms with Gasteiger partial charge in [-0.05, 0) is 25.8 Å². The van der Waals surface area contributed by atoms with E-state index in [1.165, 1.54) is 0 Å². The average molecular weight is 278 g/mol. The van der Waals surface area contributed by atoms with Crippen LogP contribution in [-0.4, -0.2) is 28.7 Å². The molecule has 0 unspecified atom stereocenters. The Morgan fingerprint density at radius 1 is 1.25 bits per heavy atom. The minimum absolute atomic E-state index is 0.260. The first-order valence-electron chi connectivity index (χ1n) is 6.69. The SMILES string of the molecule is CCC(C)(C)NC(=O)N[C@H](Cc1ccccc1)C(=O)O. The first-order valence-corrected chi connectivity index (χ1v) is 6.69. The van der Waals surface area contributed by atoms with E-state index in [1.807, 2.05) is 51.1 Å². The second kappa shape index (κ2) is 6.93. The molecule has 3 N–H and O–H groups in total. The van der Waals surface area contributed by atoms with Gasteiger partial charge in [0.1, 0.15) is 6.04 Å². The van der Waals surface area contributed by atoms with Gasteiger partial charge in [0.2, 0.25) is 0 Å². The molecular formula is C15H22N2O3. The van der Waals surface area contributed by atoms with E-state index in [0.29, 0.717) is 0 Å². The van der Waals surface area contributed by atoms with Crippen LogP contribution in [0.15, 0.2) is 30.3 Å². The Kier molecular flexibility index (Phi) is 5.55. The van der Waals surface area contributed by atoms with Crippen LogP contribution in [0.4, 0.5) is 4.79 Å². The molecule has 110 valence electrons. The lowest BCUT2D eigenvalue weighted by Gasteiger charge is -2.26. The molecule has 0 saturated carbocycles. The van der Waals surface area contributed by atoms with Crippen molar-refractivity contribution in [1.29, 1.82) is 0 Å². The fraction of sp³-hybridized carbons (Fsp3) is 0.467. The molecule has 5 nitrogen and oxygen atoms in total. The number of carbonyl (C=O) groups is 2. The quantitative estimate of drug-likeness (QED) is 0.746. The van der Waals surface area contributed by atoms with Crippen molar-refractivity contribution in [1.82, 2.24) is 10.6 Å². The molecule has 1 rings (SSSR count). The lowest BCUT2D eigenvalue weighted by Crippen LogP contribution is -2.53. The molecule has 2 amide bonds. The normalized spacial score (nSPS) is 12.6. The molecule has 0 aromatic heterocycles. The molecule has 1 aromatic carbocycles. The van der Waals surface area contributed by atoms with Crippen LogP contribution < -0.4 is 10.6 Å². The molecule has 0 aliphatic carbocycles. The van der Waals surface area contributed by atoms with E-state index in [0.717, 1.165) is 12.0 Å². The number of rotatable bonds is 6. The van der Waals surface area contributed by atoms with Crippen LogP contribution in [0, 0.1) is 0 Å². The van der Waals surface area contributed by atoms with Crippen LogP contribution >= 0.6 is 0 Å². The number of benzene rings is 1. The Hall–Kier alpha value is -2.04. The Bertz CT molecular complexity index is 457. The standard InChI is InChI=1S/C15H22N2O3/c1-4-15(2,3)17-14(20)16-12(13(18)19)10-11-8-6-5-7-9-11/h5-9,12H,4,10H2,1-3H3,(H,18,19)(H2,16,17,20)/t12-/m1/s1. The second-order valence-corrected chi connectivity index (χ2v) is 5.42. The number of amides is 2. The molecule has 1 atom stereocenters. The van der Waals surface area contributed by atoms with Gasteiger partial charge in [-0.25, -0.2) is 9.59 Å². The van der Waals surface area contributed by atoms with E-state index in [-0.39, 0.29) is 12.0 Å². The summed E-state index contributed by atoms with van der Waals surface area (Å²) in [6, 6.07) is 7.83. The molecule has 0 saturated heterocycles. The monoisotopic (exact) mass is 278 g/mol. The maximum Gasteiger partial charge on any atom is 0.326 e. The first-order chi connectivity index (χ1) is 9.34. The van der Waals surface area contributed by atoms with Crippen molar-refractivity contribution >= 4 is 12.0 Å². The summed E-state index contributed by atoms with van der Waals surface area (Å²) in [6.07, 6.45) is 1.02. The van der Waals surface area contributed by atoms with Crippen molar-refractivity contribution in [3.63, 3.8) is 0 Å². The minimum atomic E-state index is -1.04. The highest BCUT2D eigenvalue weighted by atomic mass is 16.4. The number of nitrogens with one attached hydrogen (secondary N) is 2. The van der Waals surface area contributed by atoms with Gasteiger partial charge in [0.15, 0.2) is 0 Å². The fourth-order valence-electron chi connectivity index (χ4n) is 1.64. The molecule has 0 spiro atoms. The van der Waals surface area contributed by atoms with Crippen molar-refractivity contribution < 1.29 is 14.7 Å². The van der Waals surface area contributed by atoms with Crippen LogP contribution in [-0.2, 0) is 11.2 Å². The fourth-order valence-corrected chi connectivity index (χ4v) is 1.64. The summed E-state index contributed by atoms with van der Waals surface area (Å²) in [7, 11) is 0. The van der Waals surface area contributed by atoms with Crippen molar-refractivity contribution in [3.05, 3.63) is 35.9 Å². The highest BCUT2D eigenvalue weighted by molar-refractivity contribution is 5.83. The van der Waals surface area contributed by atoms with Crippen LogP contribution in [0.2, 0.25) is 0 Å². The number of hydrogen-bond acceptors (Lipinski definition) is 2. The first kappa shape index (κ1) is 16.0. The van der Waals surface area contributed by atoms with E-state index >= 15 is 0 Å². The maximum absolute atomic E-state index is 11.8. The number of carbonyl (C=O) groups excluding carboxylic acids is 1. The predicted molar refractivity (Wildman–Crippen MR) is 77.6 cm³/mol. The van der Waals surface area contributed by atoms with Gasteiger partial charge < -0.3 is 15.7 Å². The topological polar surface area (TPSA) is 78.4 Å². The molecule has 0 aliphatic rings. The molecule has 0 bridgehead atoms. The summed E-state index contributed by atoms with van der Waals surface area (Å²) in [5, 5.41) is 14.5. The van der Waals surface area contributed by atoms with E-state index in [2.05, 4.69) is 10.6 Å². The van der Waals surface area contributed by atoms with Gasteiger partial charge in [-0.15, -0.1) is 0 Å². The average Bonchev–Trinajstić information content (AvgIpc) is 2.38. The summed E-state index contributed by atoms with van der Waals surface area (Å²) in [5.74, 6) is -1.04. The van der Waals surface area contributed by atoms with Crippen LogP contribution in [0.25, 0.3) is 0 Å². The maximum atomic E-state index is 11.8. The van der Waals surface area contributed by atoms with Crippen molar-refractivity contribution in [2.75, 3.05) is 0 Å². The number of carboxylic acid groups (broad SMARTS) is 1. The summed E-state index contributed by atoms with van der Waals surface area (Å²) in [5.41, 5.74) is 0.509. The lowest BCUT2D eigenvalue weighted by atomic mass is 10.0. The van der Waals surface area contributed by atoms with Gasteiger partial charge in [-0.3, -0.25) is 0 Å². The van der Waals surface area contributed by atoms with Crippen LogP contribution in [0.1, 0.15) is 32.8 Å². The lowest BCUT2D eigenvalue weighted by molar-refractivity contribution is -0.139. The highest BCUT2D eigenvalue weighted by Crippen LogP contribution is 2.07. The van der Waals surface area contributed by atoms with Gasteiger partial charge >= 0.3 is 12.0 Å². The zero-order valence-electron chi connectivity index (χ0n) is 12.1. The molecule has 5 heteroatoms. The van der Waals surface area contributed by atoms with Gasteiger partial charge in [0.05, 0.1) is 0 Å². The zero-order chi connectivity index (χ0) is 15.2. The molecule has 0 radical (unpaired) electrons. The Morgan fingerprint density at radius 3 is 2.35 bits per heavy atom. The Morgan fingerprint density at radius 2 is 1.85 bits per heavy atom. The molecule has 0 aliphatic heterocycles. The van der Waals surface area contributed by atoms with E-state index in [1.54, 1.807) is 0 Å². The molecule has 0 fully saturated rings. The summed E-state index contributed by atoms with van der Waals surface area (Å²) < 4.78 is 0. The summed E-state index contributed by atoms with van der Waals surface area (Å²) in [4.78, 5) is 23.1. The number of hydrogen-bond donors (Lipinski definition) is 3. The van der Waals surface area contributed by atoms with Crippen molar-refractivity contribution in [2.45, 2.75) is 45.2 Å². The number of urea groups is 1. The zero-order valence-corrected chi connectivity index (χ0v) is 12.1. The van der Waals surface area contributed by atoms with Crippen molar-refractivity contribution in [3.8, 4) is 0 Å². The van der Waals surface area contributed by atoms with Gasteiger partial charge in [-0.1, -0.05) is 37.3 Å². The second-order valence-electron chi connectivity index (χ2n) is 5.42. The smallest absolute Gasteiger partial charge is 0.326 e. The van der Waals surface area contributed by atoms with Gasteiger partial charge in [0.25, 0.3) is 0 Å². The predicted octanol–water partition coefficient (Wildman–Crippen LogP) is 2.17. The van der Waals surface area contributed by atoms with E-state index in [9.17, 15) is 14.7 Å². The summed E-state index contributed by atoms with van der Waals surface area (Å²) >= 11 is 0. The molecule has 20 heavy (non-hydrogen) atoms. The number of carboxylic acids is 1. The molecular weight excluding hydrogens is 256 g/mol. The van der Waals surface area contributed by atoms with Gasteiger partial charge in [0, 0.05) is 12.0 Å². The minimum Gasteiger partial charge on any atom is -0.480 e. The Labute approximate surface area is 119 Å². The third-order valence-corrected chi connectivity index (χ3v) is 3.22.